The van der Waals surface area contributed by atoms with Gasteiger partial charge >= 0.3 is 0 Å². The van der Waals surface area contributed by atoms with Crippen molar-refractivity contribution in [3.8, 4) is 11.4 Å². The van der Waals surface area contributed by atoms with E-state index in [-0.39, 0.29) is 6.04 Å². The van der Waals surface area contributed by atoms with E-state index >= 15 is 0 Å². The van der Waals surface area contributed by atoms with Crippen molar-refractivity contribution in [3.63, 3.8) is 0 Å². The molecule has 0 amide bonds. The summed E-state index contributed by atoms with van der Waals surface area (Å²) in [5, 5.41) is 3.42. The lowest BCUT2D eigenvalue weighted by molar-refractivity contribution is 0.0721. The Kier molecular flexibility index (Phi) is 7.23. The molecule has 5 nitrogen and oxygen atoms in total. The molecule has 1 heterocycles. The standard InChI is InChI=1S/C26H32FN5/c1-7-10-23(28-4)22-16-29-24(31-25(22)30-21-14-26(3,27)15-21)20-12-9-11-19(13-20)18(8-2)17-32(5)6/h7-13,16-17,21H,2,14-15H2,1,3-6H3,(H,29,30,31)/b10-7-,18-17+,28-23?. The number of hydrogen-bond acceptors (Lipinski definition) is 5. The van der Waals surface area contributed by atoms with Gasteiger partial charge in [-0.1, -0.05) is 36.9 Å². The van der Waals surface area contributed by atoms with Crippen LogP contribution in [-0.2, 0) is 0 Å². The average molecular weight is 434 g/mol. The van der Waals surface area contributed by atoms with Crippen molar-refractivity contribution in [2.24, 2.45) is 4.99 Å². The Hall–Kier alpha value is -3.28. The lowest BCUT2D eigenvalue weighted by Crippen LogP contribution is -2.45. The minimum absolute atomic E-state index is 0.0388. The second-order valence-electron chi connectivity index (χ2n) is 8.56. The Morgan fingerprint density at radius 2 is 2.09 bits per heavy atom. The molecule has 1 aliphatic rings. The number of anilines is 1. The molecule has 0 bridgehead atoms. The van der Waals surface area contributed by atoms with Crippen LogP contribution in [0, 0.1) is 0 Å². The van der Waals surface area contributed by atoms with Gasteiger partial charge in [0.25, 0.3) is 0 Å². The number of halogens is 1. The second-order valence-corrected chi connectivity index (χ2v) is 8.56. The highest BCUT2D eigenvalue weighted by molar-refractivity contribution is 6.11. The van der Waals surface area contributed by atoms with E-state index in [1.807, 2.05) is 68.5 Å². The first-order valence-corrected chi connectivity index (χ1v) is 10.8. The maximum absolute atomic E-state index is 14.1. The number of rotatable bonds is 8. The molecule has 168 valence electrons. The van der Waals surface area contributed by atoms with Crippen molar-refractivity contribution in [1.29, 1.82) is 0 Å². The van der Waals surface area contributed by atoms with Crippen LogP contribution in [0.3, 0.4) is 0 Å². The average Bonchev–Trinajstić information content (AvgIpc) is 2.74. The van der Waals surface area contributed by atoms with Gasteiger partial charge in [0.2, 0.25) is 0 Å². The lowest BCUT2D eigenvalue weighted by Gasteiger charge is -2.39. The largest absolute Gasteiger partial charge is 0.383 e. The molecule has 32 heavy (non-hydrogen) atoms. The van der Waals surface area contributed by atoms with Gasteiger partial charge in [0.1, 0.15) is 11.5 Å². The molecule has 0 unspecified atom stereocenters. The van der Waals surface area contributed by atoms with Crippen molar-refractivity contribution < 1.29 is 4.39 Å². The highest BCUT2D eigenvalue weighted by atomic mass is 19.1. The summed E-state index contributed by atoms with van der Waals surface area (Å²) in [5.41, 5.74) is 3.40. The Bertz CT molecular complexity index is 1060. The molecule has 1 fully saturated rings. The zero-order valence-electron chi connectivity index (χ0n) is 19.6. The first-order chi connectivity index (χ1) is 15.3. The molecule has 6 heteroatoms. The van der Waals surface area contributed by atoms with Gasteiger partial charge in [-0.25, -0.2) is 14.4 Å². The summed E-state index contributed by atoms with van der Waals surface area (Å²) in [6.45, 7) is 7.52. The molecule has 1 N–H and O–H groups in total. The van der Waals surface area contributed by atoms with Crippen molar-refractivity contribution in [1.82, 2.24) is 14.9 Å². The summed E-state index contributed by atoms with van der Waals surface area (Å²) in [6.07, 6.45) is 10.4. The Balaban J connectivity index is 2.02. The van der Waals surface area contributed by atoms with Crippen LogP contribution in [0.15, 0.2) is 66.5 Å². The maximum Gasteiger partial charge on any atom is 0.161 e. The van der Waals surface area contributed by atoms with E-state index < -0.39 is 5.67 Å². The molecule has 1 saturated carbocycles. The van der Waals surface area contributed by atoms with Gasteiger partial charge in [-0.05, 0) is 37.1 Å². The highest BCUT2D eigenvalue weighted by Gasteiger charge is 2.41. The van der Waals surface area contributed by atoms with Gasteiger partial charge in [-0.3, -0.25) is 4.99 Å². The van der Waals surface area contributed by atoms with Crippen molar-refractivity contribution in [3.05, 3.63) is 72.6 Å². The third kappa shape index (κ3) is 5.49. The molecule has 1 aromatic heterocycles. The number of hydrogen-bond donors (Lipinski definition) is 1. The molecule has 1 aromatic carbocycles. The Morgan fingerprint density at radius 1 is 1.34 bits per heavy atom. The highest BCUT2D eigenvalue weighted by Crippen LogP contribution is 2.37. The fourth-order valence-corrected chi connectivity index (χ4v) is 3.89. The van der Waals surface area contributed by atoms with Crippen LogP contribution in [0.25, 0.3) is 17.0 Å². The van der Waals surface area contributed by atoms with Crippen molar-refractivity contribution in [2.45, 2.75) is 38.4 Å². The molecule has 0 saturated heterocycles. The van der Waals surface area contributed by atoms with Gasteiger partial charge in [0.05, 0.1) is 11.3 Å². The number of nitrogens with zero attached hydrogens (tertiary/aromatic N) is 4. The van der Waals surface area contributed by atoms with E-state index in [4.69, 9.17) is 4.98 Å². The van der Waals surface area contributed by atoms with Crippen LogP contribution < -0.4 is 5.32 Å². The first-order valence-electron chi connectivity index (χ1n) is 10.8. The quantitative estimate of drug-likeness (QED) is 0.439. The van der Waals surface area contributed by atoms with E-state index in [1.54, 1.807) is 20.2 Å². The predicted octanol–water partition coefficient (Wildman–Crippen LogP) is 5.53. The van der Waals surface area contributed by atoms with Crippen LogP contribution in [-0.4, -0.2) is 53.4 Å². The molecule has 1 aliphatic carbocycles. The Labute approximate surface area is 190 Å². The van der Waals surface area contributed by atoms with Crippen LogP contribution in [0.1, 0.15) is 37.8 Å². The van der Waals surface area contributed by atoms with Crippen molar-refractivity contribution >= 4 is 17.1 Å². The van der Waals surface area contributed by atoms with E-state index in [2.05, 4.69) is 27.9 Å². The summed E-state index contributed by atoms with van der Waals surface area (Å²) in [7, 11) is 5.70. The summed E-state index contributed by atoms with van der Waals surface area (Å²) < 4.78 is 14.1. The summed E-state index contributed by atoms with van der Waals surface area (Å²) in [6, 6.07) is 8.11. The number of allylic oxidation sites excluding steroid dienone is 4. The molecular weight excluding hydrogens is 401 g/mol. The van der Waals surface area contributed by atoms with Crippen LogP contribution >= 0.6 is 0 Å². The summed E-state index contributed by atoms with van der Waals surface area (Å²) >= 11 is 0. The van der Waals surface area contributed by atoms with Crippen LogP contribution in [0.2, 0.25) is 0 Å². The summed E-state index contributed by atoms with van der Waals surface area (Å²) in [5.74, 6) is 1.28. The number of aliphatic imine (C=N–C) groups is 1. The van der Waals surface area contributed by atoms with E-state index in [1.165, 1.54) is 0 Å². The second kappa shape index (κ2) is 9.90. The monoisotopic (exact) mass is 433 g/mol. The molecule has 0 atom stereocenters. The first kappa shape index (κ1) is 23.4. The van der Waals surface area contributed by atoms with Crippen LogP contribution in [0.5, 0.6) is 0 Å². The van der Waals surface area contributed by atoms with E-state index in [0.717, 1.165) is 28.0 Å². The SMILES string of the molecule is C=C/C(=C\N(C)C)c1cccc(-c2ncc(C(/C=C\C)=NC)c(NC3CC(C)(F)C3)n2)c1. The zero-order chi connectivity index (χ0) is 23.3. The number of alkyl halides is 1. The minimum atomic E-state index is -1.12. The maximum atomic E-state index is 14.1. The van der Waals surface area contributed by atoms with Gasteiger partial charge in [0, 0.05) is 58.0 Å². The fourth-order valence-electron chi connectivity index (χ4n) is 3.89. The zero-order valence-corrected chi connectivity index (χ0v) is 19.6. The Morgan fingerprint density at radius 3 is 2.69 bits per heavy atom. The molecule has 0 radical (unpaired) electrons. The molecule has 0 spiro atoms. The number of nitrogens with one attached hydrogen (secondary N) is 1. The van der Waals surface area contributed by atoms with E-state index in [0.29, 0.717) is 24.5 Å². The topological polar surface area (TPSA) is 53.4 Å². The van der Waals surface area contributed by atoms with Gasteiger partial charge in [0.15, 0.2) is 5.82 Å². The lowest BCUT2D eigenvalue weighted by atomic mass is 9.79. The molecule has 3 rings (SSSR count). The van der Waals surface area contributed by atoms with Gasteiger partial charge in [-0.15, -0.1) is 0 Å². The van der Waals surface area contributed by atoms with Gasteiger partial charge in [-0.2, -0.15) is 0 Å². The third-order valence-corrected chi connectivity index (χ3v) is 5.39. The molecule has 2 aromatic rings. The normalized spacial score (nSPS) is 21.4. The minimum Gasteiger partial charge on any atom is -0.383 e. The number of benzene rings is 1. The smallest absolute Gasteiger partial charge is 0.161 e. The van der Waals surface area contributed by atoms with E-state index in [9.17, 15) is 4.39 Å². The van der Waals surface area contributed by atoms with Crippen LogP contribution in [0.4, 0.5) is 10.2 Å². The summed E-state index contributed by atoms with van der Waals surface area (Å²) in [4.78, 5) is 15.8. The molecular formula is C26H32FN5. The predicted molar refractivity (Wildman–Crippen MR) is 133 cm³/mol. The number of aromatic nitrogens is 2. The molecule has 0 aliphatic heterocycles. The van der Waals surface area contributed by atoms with Crippen molar-refractivity contribution in [2.75, 3.05) is 26.5 Å². The fraction of sp³-hybridized carbons (Fsp3) is 0.346. The third-order valence-electron chi connectivity index (χ3n) is 5.39. The van der Waals surface area contributed by atoms with Gasteiger partial charge < -0.3 is 10.2 Å².